The van der Waals surface area contributed by atoms with Crippen molar-refractivity contribution in [1.29, 1.82) is 5.26 Å². The van der Waals surface area contributed by atoms with Crippen molar-refractivity contribution in [1.82, 2.24) is 20.2 Å². The minimum atomic E-state index is -0.673. The van der Waals surface area contributed by atoms with Gasteiger partial charge in [0.2, 0.25) is 11.9 Å². The molecule has 2 N–H and O–H groups in total. The molecule has 0 radical (unpaired) electrons. The Bertz CT molecular complexity index is 1440. The van der Waals surface area contributed by atoms with Crippen LogP contribution in [-0.2, 0) is 21.6 Å². The molecule has 2 aromatic carbocycles. The van der Waals surface area contributed by atoms with Gasteiger partial charge in [-0.2, -0.15) is 5.26 Å². The van der Waals surface area contributed by atoms with Crippen molar-refractivity contribution in [3.05, 3.63) is 75.9 Å². The van der Waals surface area contributed by atoms with E-state index in [1.807, 2.05) is 38.1 Å². The van der Waals surface area contributed by atoms with Gasteiger partial charge >= 0.3 is 0 Å². The molecule has 2 aliphatic rings. The van der Waals surface area contributed by atoms with Crippen LogP contribution in [0.4, 0.5) is 5.95 Å². The Hall–Kier alpha value is -4.00. The molecule has 3 heterocycles. The van der Waals surface area contributed by atoms with Gasteiger partial charge in [-0.3, -0.25) is 9.59 Å². The van der Waals surface area contributed by atoms with Crippen LogP contribution in [0.5, 0.6) is 0 Å². The molecular formula is C29H29ClN6O3. The van der Waals surface area contributed by atoms with Crippen LogP contribution >= 0.6 is 11.6 Å². The van der Waals surface area contributed by atoms with Crippen LogP contribution in [0.25, 0.3) is 11.3 Å². The zero-order valence-electron chi connectivity index (χ0n) is 21.8. The molecule has 0 aliphatic carbocycles. The van der Waals surface area contributed by atoms with Gasteiger partial charge in [0.05, 0.1) is 34.1 Å². The first-order chi connectivity index (χ1) is 18.7. The standard InChI is InChI=1S/C29H29ClN6O3/c1-29(2,21-7-3-18(14-31)4-8-21)35-25(37)17-36-16-20-6-5-19(13-23(20)27(36)38)26-24(30)15-32-28(34-26)33-22-9-11-39-12-10-22/h3-8,13,15,22H,9-12,16-17H2,1-2H3,(H,35,37)(H,32,33,34). The Balaban J connectivity index is 1.27. The second-order valence-corrected chi connectivity index (χ2v) is 10.7. The molecule has 10 heteroatoms. The Labute approximate surface area is 232 Å². The maximum atomic E-state index is 13.3. The van der Waals surface area contributed by atoms with Gasteiger partial charge in [0.25, 0.3) is 5.91 Å². The molecule has 0 unspecified atom stereocenters. The monoisotopic (exact) mass is 544 g/mol. The third-order valence-electron chi connectivity index (χ3n) is 7.08. The Kier molecular flexibility index (Phi) is 7.51. The number of anilines is 1. The molecule has 1 fully saturated rings. The average molecular weight is 545 g/mol. The number of carbonyl (C=O) groups is 2. The van der Waals surface area contributed by atoms with Crippen molar-refractivity contribution >= 4 is 29.4 Å². The van der Waals surface area contributed by atoms with Crippen molar-refractivity contribution in [2.24, 2.45) is 0 Å². The lowest BCUT2D eigenvalue weighted by Crippen LogP contribution is -2.46. The van der Waals surface area contributed by atoms with Gasteiger partial charge in [-0.25, -0.2) is 9.97 Å². The van der Waals surface area contributed by atoms with Crippen molar-refractivity contribution in [3.8, 4) is 17.3 Å². The number of hydrogen-bond donors (Lipinski definition) is 2. The normalized spacial score (nSPS) is 15.5. The fraction of sp³-hybridized carbons (Fsp3) is 0.345. The summed E-state index contributed by atoms with van der Waals surface area (Å²) in [4.78, 5) is 36.7. The highest BCUT2D eigenvalue weighted by Crippen LogP contribution is 2.32. The van der Waals surface area contributed by atoms with E-state index in [9.17, 15) is 9.59 Å². The molecule has 9 nitrogen and oxygen atoms in total. The predicted molar refractivity (Wildman–Crippen MR) is 147 cm³/mol. The molecule has 5 rings (SSSR count). The summed E-state index contributed by atoms with van der Waals surface area (Å²) in [6, 6.07) is 14.9. The molecular weight excluding hydrogens is 516 g/mol. The molecule has 200 valence electrons. The molecule has 1 aromatic heterocycles. The quantitative estimate of drug-likeness (QED) is 0.456. The van der Waals surface area contributed by atoms with Crippen molar-refractivity contribution in [2.45, 2.75) is 44.8 Å². The predicted octanol–water partition coefficient (Wildman–Crippen LogP) is 4.27. The number of nitriles is 1. The molecule has 0 atom stereocenters. The summed E-state index contributed by atoms with van der Waals surface area (Å²) in [5, 5.41) is 15.8. The van der Waals surface area contributed by atoms with Gasteiger partial charge < -0.3 is 20.3 Å². The number of aromatic nitrogens is 2. The SMILES string of the molecule is CC(C)(NC(=O)CN1Cc2ccc(-c3nc(NC4CCOCC4)ncc3Cl)cc2C1=O)c1ccc(C#N)cc1. The van der Waals surface area contributed by atoms with Gasteiger partial charge in [0, 0.05) is 36.9 Å². The fourth-order valence-corrected chi connectivity index (χ4v) is 5.09. The van der Waals surface area contributed by atoms with Gasteiger partial charge in [-0.15, -0.1) is 0 Å². The number of amides is 2. The van der Waals surface area contributed by atoms with E-state index in [0.29, 0.717) is 53.1 Å². The number of hydrogen-bond acceptors (Lipinski definition) is 7. The lowest BCUT2D eigenvalue weighted by molar-refractivity contribution is -0.123. The first-order valence-corrected chi connectivity index (χ1v) is 13.2. The summed E-state index contributed by atoms with van der Waals surface area (Å²) >= 11 is 6.45. The minimum Gasteiger partial charge on any atom is -0.381 e. The molecule has 39 heavy (non-hydrogen) atoms. The molecule has 2 amide bonds. The third kappa shape index (κ3) is 5.87. The van der Waals surface area contributed by atoms with Gasteiger partial charge in [0.1, 0.15) is 6.54 Å². The first-order valence-electron chi connectivity index (χ1n) is 12.8. The molecule has 0 spiro atoms. The minimum absolute atomic E-state index is 0.0734. The Morgan fingerprint density at radius 2 is 1.95 bits per heavy atom. The number of ether oxygens (including phenoxy) is 1. The maximum Gasteiger partial charge on any atom is 0.254 e. The topological polar surface area (TPSA) is 120 Å². The number of carbonyl (C=O) groups excluding carboxylic acids is 2. The van der Waals surface area contributed by atoms with E-state index < -0.39 is 5.54 Å². The van der Waals surface area contributed by atoms with E-state index in [0.717, 1.165) is 24.0 Å². The van der Waals surface area contributed by atoms with Crippen LogP contribution in [0.15, 0.2) is 48.7 Å². The molecule has 1 saturated heterocycles. The average Bonchev–Trinajstić information content (AvgIpc) is 3.24. The summed E-state index contributed by atoms with van der Waals surface area (Å²) in [6.07, 6.45) is 3.32. The van der Waals surface area contributed by atoms with E-state index in [-0.39, 0.29) is 24.4 Å². The lowest BCUT2D eigenvalue weighted by atomic mass is 9.93. The van der Waals surface area contributed by atoms with Gasteiger partial charge in [-0.05, 0) is 56.0 Å². The van der Waals surface area contributed by atoms with Crippen LogP contribution in [0, 0.1) is 11.3 Å². The van der Waals surface area contributed by atoms with Crippen molar-refractivity contribution in [3.63, 3.8) is 0 Å². The zero-order valence-corrected chi connectivity index (χ0v) is 22.6. The highest BCUT2D eigenvalue weighted by Gasteiger charge is 2.31. The van der Waals surface area contributed by atoms with Crippen LogP contribution in [0.2, 0.25) is 5.02 Å². The van der Waals surface area contributed by atoms with E-state index >= 15 is 0 Å². The number of halogens is 1. The highest BCUT2D eigenvalue weighted by atomic mass is 35.5. The first kappa shape index (κ1) is 26.6. The third-order valence-corrected chi connectivity index (χ3v) is 7.36. The number of benzene rings is 2. The van der Waals surface area contributed by atoms with E-state index in [2.05, 4.69) is 26.7 Å². The lowest BCUT2D eigenvalue weighted by Gasteiger charge is -2.28. The smallest absolute Gasteiger partial charge is 0.254 e. The number of rotatable bonds is 7. The van der Waals surface area contributed by atoms with E-state index in [4.69, 9.17) is 21.6 Å². The molecule has 3 aromatic rings. The zero-order chi connectivity index (χ0) is 27.6. The number of nitrogens with zero attached hydrogens (tertiary/aromatic N) is 4. The molecule has 2 aliphatic heterocycles. The molecule has 0 bridgehead atoms. The Morgan fingerprint density at radius 1 is 1.21 bits per heavy atom. The summed E-state index contributed by atoms with van der Waals surface area (Å²) in [6.45, 7) is 5.44. The van der Waals surface area contributed by atoms with Crippen LogP contribution in [-0.4, -0.2) is 52.5 Å². The Morgan fingerprint density at radius 3 is 2.67 bits per heavy atom. The van der Waals surface area contributed by atoms with Gasteiger partial charge in [0.15, 0.2) is 0 Å². The summed E-state index contributed by atoms with van der Waals surface area (Å²) in [7, 11) is 0. The maximum absolute atomic E-state index is 13.3. The number of nitrogens with one attached hydrogen (secondary N) is 2. The van der Waals surface area contributed by atoms with E-state index in [1.165, 1.54) is 4.90 Å². The largest absolute Gasteiger partial charge is 0.381 e. The second kappa shape index (κ2) is 11.0. The number of fused-ring (bicyclic) bond motifs is 1. The second-order valence-electron chi connectivity index (χ2n) is 10.3. The van der Waals surface area contributed by atoms with Gasteiger partial charge in [-0.1, -0.05) is 35.9 Å². The summed E-state index contributed by atoms with van der Waals surface area (Å²) < 4.78 is 5.41. The van der Waals surface area contributed by atoms with Crippen molar-refractivity contribution < 1.29 is 14.3 Å². The van der Waals surface area contributed by atoms with E-state index in [1.54, 1.807) is 24.4 Å². The van der Waals surface area contributed by atoms with Crippen LogP contribution < -0.4 is 10.6 Å². The van der Waals surface area contributed by atoms with Crippen molar-refractivity contribution in [2.75, 3.05) is 25.1 Å². The van der Waals surface area contributed by atoms with Crippen LogP contribution in [0.1, 0.15) is 53.7 Å². The van der Waals surface area contributed by atoms with Crippen LogP contribution in [0.3, 0.4) is 0 Å². The molecule has 0 saturated carbocycles. The highest BCUT2D eigenvalue weighted by molar-refractivity contribution is 6.33. The fourth-order valence-electron chi connectivity index (χ4n) is 4.89. The summed E-state index contributed by atoms with van der Waals surface area (Å²) in [5.74, 6) is -0.00590. The summed E-state index contributed by atoms with van der Waals surface area (Å²) in [5.41, 5.74) is 3.36.